The molecule has 106 valence electrons. The fourth-order valence-electron chi connectivity index (χ4n) is 2.56. The molecular weight excluding hydrogens is 234 g/mol. The van der Waals surface area contributed by atoms with Crippen molar-refractivity contribution in [1.29, 1.82) is 0 Å². The largest absolute Gasteiger partial charge is 0.376 e. The molecule has 0 aromatic heterocycles. The van der Waals surface area contributed by atoms with Gasteiger partial charge in [0, 0.05) is 18.9 Å². The molecule has 1 heterocycles. The van der Waals surface area contributed by atoms with E-state index in [1.165, 1.54) is 0 Å². The van der Waals surface area contributed by atoms with E-state index in [4.69, 9.17) is 24.7 Å². The molecule has 2 unspecified atom stereocenters. The molecule has 1 aliphatic heterocycles. The van der Waals surface area contributed by atoms with Crippen molar-refractivity contribution in [3.8, 4) is 0 Å². The molecule has 1 saturated heterocycles. The van der Waals surface area contributed by atoms with E-state index in [9.17, 15) is 0 Å². The van der Waals surface area contributed by atoms with Gasteiger partial charge in [0.2, 0.25) is 0 Å². The van der Waals surface area contributed by atoms with Gasteiger partial charge in [-0.05, 0) is 20.3 Å². The fourth-order valence-corrected chi connectivity index (χ4v) is 2.56. The third kappa shape index (κ3) is 3.65. The molecule has 1 saturated carbocycles. The van der Waals surface area contributed by atoms with Crippen molar-refractivity contribution in [2.24, 2.45) is 5.73 Å². The van der Waals surface area contributed by atoms with Crippen molar-refractivity contribution in [2.45, 2.75) is 57.1 Å². The van der Waals surface area contributed by atoms with Crippen molar-refractivity contribution in [3.63, 3.8) is 0 Å². The molecule has 1 spiro atoms. The topological polar surface area (TPSA) is 62.9 Å². The number of hydrogen-bond acceptors (Lipinski definition) is 5. The second-order valence-electron chi connectivity index (χ2n) is 5.34. The summed E-state index contributed by atoms with van der Waals surface area (Å²) in [6.07, 6.45) is 2.73. The van der Waals surface area contributed by atoms with Gasteiger partial charge in [0.15, 0.2) is 5.79 Å². The van der Waals surface area contributed by atoms with E-state index in [1.807, 2.05) is 13.8 Å². The maximum atomic E-state index is 6.10. The Morgan fingerprint density at radius 3 is 2.67 bits per heavy atom. The maximum Gasteiger partial charge on any atom is 0.171 e. The van der Waals surface area contributed by atoms with Crippen LogP contribution in [0.5, 0.6) is 0 Å². The summed E-state index contributed by atoms with van der Waals surface area (Å²) in [6, 6.07) is 0.0717. The molecular formula is C13H25NO4. The lowest BCUT2D eigenvalue weighted by Crippen LogP contribution is -2.50. The Morgan fingerprint density at radius 2 is 2.00 bits per heavy atom. The zero-order valence-corrected chi connectivity index (χ0v) is 11.4. The summed E-state index contributed by atoms with van der Waals surface area (Å²) in [5.74, 6) is -0.431. The lowest BCUT2D eigenvalue weighted by Gasteiger charge is -2.39. The SMILES string of the molecule is CC(C)OCCOC1CC2(CCC1N)OCCO2. The molecule has 2 N–H and O–H groups in total. The van der Waals surface area contributed by atoms with Crippen molar-refractivity contribution < 1.29 is 18.9 Å². The van der Waals surface area contributed by atoms with E-state index < -0.39 is 5.79 Å². The normalized spacial score (nSPS) is 31.3. The van der Waals surface area contributed by atoms with E-state index in [1.54, 1.807) is 0 Å². The molecule has 0 bridgehead atoms. The Kier molecular flexibility index (Phi) is 4.98. The van der Waals surface area contributed by atoms with Crippen molar-refractivity contribution >= 4 is 0 Å². The molecule has 2 fully saturated rings. The Labute approximate surface area is 109 Å². The van der Waals surface area contributed by atoms with E-state index >= 15 is 0 Å². The fraction of sp³-hybridized carbons (Fsp3) is 1.00. The van der Waals surface area contributed by atoms with E-state index in [2.05, 4.69) is 0 Å². The summed E-state index contributed by atoms with van der Waals surface area (Å²) in [6.45, 7) is 6.57. The maximum absolute atomic E-state index is 6.10. The second kappa shape index (κ2) is 6.30. The van der Waals surface area contributed by atoms with Crippen LogP contribution >= 0.6 is 0 Å². The number of rotatable bonds is 5. The van der Waals surface area contributed by atoms with Crippen molar-refractivity contribution in [1.82, 2.24) is 0 Å². The van der Waals surface area contributed by atoms with E-state index in [-0.39, 0.29) is 18.2 Å². The highest BCUT2D eigenvalue weighted by atomic mass is 16.7. The van der Waals surface area contributed by atoms with Crippen LogP contribution in [0.15, 0.2) is 0 Å². The minimum absolute atomic E-state index is 0.00705. The van der Waals surface area contributed by atoms with Crippen LogP contribution < -0.4 is 5.73 Å². The average Bonchev–Trinajstić information content (AvgIpc) is 2.77. The van der Waals surface area contributed by atoms with Crippen molar-refractivity contribution in [3.05, 3.63) is 0 Å². The Hall–Kier alpha value is -0.200. The standard InChI is InChI=1S/C13H25NO4/c1-10(2)15-5-6-16-12-9-13(4-3-11(12)14)17-7-8-18-13/h10-12H,3-9,14H2,1-2H3. The van der Waals surface area contributed by atoms with E-state index in [0.717, 1.165) is 19.3 Å². The minimum atomic E-state index is -0.431. The molecule has 5 heteroatoms. The Balaban J connectivity index is 1.75. The number of hydrogen-bond donors (Lipinski definition) is 1. The summed E-state index contributed by atoms with van der Waals surface area (Å²) in [4.78, 5) is 0. The first-order valence-electron chi connectivity index (χ1n) is 6.88. The highest BCUT2D eigenvalue weighted by Gasteiger charge is 2.44. The molecule has 2 atom stereocenters. The zero-order chi connectivity index (χ0) is 13.0. The average molecular weight is 259 g/mol. The third-order valence-corrected chi connectivity index (χ3v) is 3.53. The highest BCUT2D eigenvalue weighted by molar-refractivity contribution is 4.90. The van der Waals surface area contributed by atoms with Crippen LogP contribution in [0.3, 0.4) is 0 Å². The lowest BCUT2D eigenvalue weighted by molar-refractivity contribution is -0.206. The summed E-state index contributed by atoms with van der Waals surface area (Å²) in [5, 5.41) is 0. The van der Waals surface area contributed by atoms with Crippen LogP contribution in [-0.2, 0) is 18.9 Å². The predicted octanol–water partition coefficient (Wildman–Crippen LogP) is 1.05. The van der Waals surface area contributed by atoms with Gasteiger partial charge in [0.05, 0.1) is 38.6 Å². The molecule has 1 aliphatic carbocycles. The van der Waals surface area contributed by atoms with Crippen LogP contribution in [0, 0.1) is 0 Å². The van der Waals surface area contributed by atoms with Gasteiger partial charge in [0.25, 0.3) is 0 Å². The summed E-state index contributed by atoms with van der Waals surface area (Å²) < 4.78 is 22.7. The van der Waals surface area contributed by atoms with Crippen LogP contribution in [0.2, 0.25) is 0 Å². The summed E-state index contributed by atoms with van der Waals surface area (Å²) in [5.41, 5.74) is 6.10. The van der Waals surface area contributed by atoms with Gasteiger partial charge >= 0.3 is 0 Å². The zero-order valence-electron chi connectivity index (χ0n) is 11.4. The molecule has 0 amide bonds. The van der Waals surface area contributed by atoms with Crippen LogP contribution in [0.4, 0.5) is 0 Å². The first-order chi connectivity index (χ1) is 8.61. The van der Waals surface area contributed by atoms with Gasteiger partial charge in [0.1, 0.15) is 0 Å². The molecule has 2 aliphatic rings. The summed E-state index contributed by atoms with van der Waals surface area (Å²) in [7, 11) is 0. The Morgan fingerprint density at radius 1 is 1.28 bits per heavy atom. The first-order valence-corrected chi connectivity index (χ1v) is 6.88. The van der Waals surface area contributed by atoms with E-state index in [0.29, 0.717) is 26.4 Å². The smallest absolute Gasteiger partial charge is 0.171 e. The third-order valence-electron chi connectivity index (χ3n) is 3.53. The molecule has 5 nitrogen and oxygen atoms in total. The molecule has 0 aromatic rings. The summed E-state index contributed by atoms with van der Waals surface area (Å²) >= 11 is 0. The van der Waals surface area contributed by atoms with Gasteiger partial charge in [-0.15, -0.1) is 0 Å². The molecule has 2 rings (SSSR count). The Bertz CT molecular complexity index is 253. The van der Waals surface area contributed by atoms with Crippen LogP contribution in [-0.4, -0.2) is 50.5 Å². The predicted molar refractivity (Wildman–Crippen MR) is 67.3 cm³/mol. The minimum Gasteiger partial charge on any atom is -0.376 e. The number of ether oxygens (including phenoxy) is 4. The van der Waals surface area contributed by atoms with Gasteiger partial charge in [-0.1, -0.05) is 0 Å². The van der Waals surface area contributed by atoms with Crippen LogP contribution in [0.1, 0.15) is 33.1 Å². The highest BCUT2D eigenvalue weighted by Crippen LogP contribution is 2.36. The molecule has 18 heavy (non-hydrogen) atoms. The van der Waals surface area contributed by atoms with Gasteiger partial charge in [-0.25, -0.2) is 0 Å². The quantitative estimate of drug-likeness (QED) is 0.748. The first kappa shape index (κ1) is 14.2. The monoisotopic (exact) mass is 259 g/mol. The van der Waals surface area contributed by atoms with Crippen LogP contribution in [0.25, 0.3) is 0 Å². The molecule has 0 aromatic carbocycles. The lowest BCUT2D eigenvalue weighted by atomic mass is 9.88. The van der Waals surface area contributed by atoms with Crippen molar-refractivity contribution in [2.75, 3.05) is 26.4 Å². The second-order valence-corrected chi connectivity index (χ2v) is 5.34. The van der Waals surface area contributed by atoms with Gasteiger partial charge in [-0.3, -0.25) is 0 Å². The molecule has 0 radical (unpaired) electrons. The number of nitrogens with two attached hydrogens (primary N) is 1. The van der Waals surface area contributed by atoms with Gasteiger partial charge in [-0.2, -0.15) is 0 Å². The van der Waals surface area contributed by atoms with Gasteiger partial charge < -0.3 is 24.7 Å².